The number of fused-ring (bicyclic) bond motifs is 3. The summed E-state index contributed by atoms with van der Waals surface area (Å²) in [6, 6.07) is 0. The number of quaternary nitrogens is 1. The Balaban J connectivity index is 1.97. The first-order chi connectivity index (χ1) is 12.8. The number of ether oxygens (including phenoxy) is 1. The summed E-state index contributed by atoms with van der Waals surface area (Å²) in [4.78, 5) is 13.7. The summed E-state index contributed by atoms with van der Waals surface area (Å²) in [6.07, 6.45) is 3.08. The van der Waals surface area contributed by atoms with Gasteiger partial charge in [0, 0.05) is 29.5 Å². The first kappa shape index (κ1) is 20.8. The number of thioether (sulfide) groups is 1. The molecular weight excluding hydrogens is 376 g/mol. The third-order valence-electron chi connectivity index (χ3n) is 5.05. The van der Waals surface area contributed by atoms with Gasteiger partial charge >= 0.3 is 0 Å². The average molecular weight is 410 g/mol. The monoisotopic (exact) mass is 409 g/mol. The predicted octanol–water partition coefficient (Wildman–Crippen LogP) is 3.38. The zero-order chi connectivity index (χ0) is 19.6. The summed E-state index contributed by atoms with van der Waals surface area (Å²) in [5, 5.41) is 6.19. The largest absolute Gasteiger partial charge is 0.369 e. The Hall–Kier alpha value is -0.890. The number of nitrogens with zero attached hydrogens (tertiary/aromatic N) is 2. The summed E-state index contributed by atoms with van der Waals surface area (Å²) in [5.74, 6) is 1.01. The van der Waals surface area contributed by atoms with Crippen LogP contribution in [0.1, 0.15) is 51.0 Å². The molecule has 150 valence electrons. The van der Waals surface area contributed by atoms with E-state index in [-0.39, 0.29) is 5.60 Å². The molecule has 27 heavy (non-hydrogen) atoms. The molecule has 0 bridgehead atoms. The van der Waals surface area contributed by atoms with Gasteiger partial charge in [-0.15, -0.1) is 11.3 Å². The highest BCUT2D eigenvalue weighted by Gasteiger charge is 2.33. The Morgan fingerprint density at radius 2 is 2.11 bits per heavy atom. The van der Waals surface area contributed by atoms with Gasteiger partial charge in [-0.3, -0.25) is 0 Å². The maximum absolute atomic E-state index is 6.16. The maximum Gasteiger partial charge on any atom is 0.191 e. The molecule has 3 heterocycles. The molecule has 2 aromatic heterocycles. The third kappa shape index (κ3) is 4.94. The molecule has 2 aromatic rings. The fraction of sp³-hybridized carbons (Fsp3) is 0.700. The van der Waals surface area contributed by atoms with Crippen molar-refractivity contribution in [2.24, 2.45) is 0 Å². The quantitative estimate of drug-likeness (QED) is 0.398. The van der Waals surface area contributed by atoms with Gasteiger partial charge in [0.15, 0.2) is 5.16 Å². The number of thiophene rings is 1. The lowest BCUT2D eigenvalue weighted by atomic mass is 9.90. The second-order valence-corrected chi connectivity index (χ2v) is 10.8. The lowest BCUT2D eigenvalue weighted by Crippen LogP contribution is -3.05. The minimum Gasteiger partial charge on any atom is -0.369 e. The molecule has 0 aliphatic carbocycles. The second-order valence-electron chi connectivity index (χ2n) is 8.21. The van der Waals surface area contributed by atoms with Gasteiger partial charge in [0.05, 0.1) is 38.2 Å². The van der Waals surface area contributed by atoms with Crippen LogP contribution in [0.4, 0.5) is 5.82 Å². The normalized spacial score (nSPS) is 19.9. The highest BCUT2D eigenvalue weighted by Crippen LogP contribution is 2.42. The van der Waals surface area contributed by atoms with Crippen LogP contribution in [-0.2, 0) is 17.8 Å². The summed E-state index contributed by atoms with van der Waals surface area (Å²) in [5.41, 5.74) is 1.31. The molecule has 1 aliphatic rings. The van der Waals surface area contributed by atoms with E-state index in [1.807, 2.05) is 0 Å². The Kier molecular flexibility index (Phi) is 6.66. The molecule has 0 fully saturated rings. The van der Waals surface area contributed by atoms with E-state index in [1.165, 1.54) is 20.7 Å². The van der Waals surface area contributed by atoms with E-state index >= 15 is 0 Å². The molecule has 5 nitrogen and oxygen atoms in total. The first-order valence-corrected chi connectivity index (χ1v) is 11.7. The van der Waals surface area contributed by atoms with Crippen LogP contribution < -0.4 is 10.2 Å². The molecule has 0 saturated carbocycles. The van der Waals surface area contributed by atoms with E-state index < -0.39 is 0 Å². The van der Waals surface area contributed by atoms with Gasteiger partial charge in [-0.25, -0.2) is 9.97 Å². The minimum absolute atomic E-state index is 0.0854. The van der Waals surface area contributed by atoms with Gasteiger partial charge in [0.25, 0.3) is 0 Å². The smallest absolute Gasteiger partial charge is 0.191 e. The summed E-state index contributed by atoms with van der Waals surface area (Å²) >= 11 is 3.51. The average Bonchev–Trinajstić information content (AvgIpc) is 2.95. The van der Waals surface area contributed by atoms with Crippen LogP contribution in [0.5, 0.6) is 0 Å². The van der Waals surface area contributed by atoms with Gasteiger partial charge in [-0.2, -0.15) is 0 Å². The fourth-order valence-electron chi connectivity index (χ4n) is 3.32. The minimum atomic E-state index is -0.0854. The summed E-state index contributed by atoms with van der Waals surface area (Å²) < 4.78 is 6.16. The Morgan fingerprint density at radius 1 is 1.33 bits per heavy atom. The van der Waals surface area contributed by atoms with Crippen molar-refractivity contribution in [2.75, 3.05) is 32.5 Å². The SMILES string of the molecule is CC[C@@]1(C)Cc2c(sc3nc(SC(C)C)nc(NCCC[NH+](C)C)c23)CO1. The number of nitrogens with one attached hydrogen (secondary N) is 2. The van der Waals surface area contributed by atoms with Crippen LogP contribution >= 0.6 is 23.1 Å². The molecule has 7 heteroatoms. The number of anilines is 1. The molecule has 1 aliphatic heterocycles. The number of aromatic nitrogens is 2. The van der Waals surface area contributed by atoms with Crippen LogP contribution in [0, 0.1) is 0 Å². The van der Waals surface area contributed by atoms with Crippen molar-refractivity contribution in [3.63, 3.8) is 0 Å². The van der Waals surface area contributed by atoms with Crippen molar-refractivity contribution in [3.8, 4) is 0 Å². The molecule has 2 N–H and O–H groups in total. The van der Waals surface area contributed by atoms with Crippen LogP contribution in [0.3, 0.4) is 0 Å². The molecule has 0 spiro atoms. The molecule has 0 saturated heterocycles. The molecule has 1 atom stereocenters. The molecule has 3 rings (SSSR count). The van der Waals surface area contributed by atoms with Crippen LogP contribution in [-0.4, -0.2) is 48.0 Å². The van der Waals surface area contributed by atoms with Crippen LogP contribution in [0.25, 0.3) is 10.2 Å². The second kappa shape index (κ2) is 8.64. The topological polar surface area (TPSA) is 51.5 Å². The highest BCUT2D eigenvalue weighted by atomic mass is 32.2. The van der Waals surface area contributed by atoms with Crippen LogP contribution in [0.15, 0.2) is 5.16 Å². The molecule has 0 aromatic carbocycles. The highest BCUT2D eigenvalue weighted by molar-refractivity contribution is 7.99. The van der Waals surface area contributed by atoms with Crippen molar-refractivity contribution < 1.29 is 9.64 Å². The summed E-state index contributed by atoms with van der Waals surface area (Å²) in [6.45, 7) is 11.6. The molecular formula is C20H33N4OS2+. The van der Waals surface area contributed by atoms with E-state index in [4.69, 9.17) is 14.7 Å². The third-order valence-corrected chi connectivity index (χ3v) is 7.02. The van der Waals surface area contributed by atoms with Crippen molar-refractivity contribution >= 4 is 39.1 Å². The molecule has 0 amide bonds. The maximum atomic E-state index is 6.16. The zero-order valence-electron chi connectivity index (χ0n) is 17.4. The van der Waals surface area contributed by atoms with Gasteiger partial charge in [-0.1, -0.05) is 32.5 Å². The number of rotatable bonds is 8. The fourth-order valence-corrected chi connectivity index (χ4v) is 5.19. The Bertz CT molecular complexity index is 790. The predicted molar refractivity (Wildman–Crippen MR) is 116 cm³/mol. The van der Waals surface area contributed by atoms with Crippen molar-refractivity contribution in [3.05, 3.63) is 10.4 Å². The van der Waals surface area contributed by atoms with E-state index in [9.17, 15) is 0 Å². The van der Waals surface area contributed by atoms with Gasteiger partial charge in [0.2, 0.25) is 0 Å². The number of hydrogen-bond acceptors (Lipinski definition) is 6. The lowest BCUT2D eigenvalue weighted by molar-refractivity contribution is -0.858. The van der Waals surface area contributed by atoms with Gasteiger partial charge in [-0.05, 0) is 18.9 Å². The Morgan fingerprint density at radius 3 is 2.78 bits per heavy atom. The van der Waals surface area contributed by atoms with Gasteiger partial charge in [0.1, 0.15) is 10.6 Å². The van der Waals surface area contributed by atoms with Crippen LogP contribution in [0.2, 0.25) is 0 Å². The molecule has 0 radical (unpaired) electrons. The summed E-state index contributed by atoms with van der Waals surface area (Å²) in [7, 11) is 4.39. The van der Waals surface area contributed by atoms with Crippen molar-refractivity contribution in [1.29, 1.82) is 0 Å². The van der Waals surface area contributed by atoms with E-state index in [1.54, 1.807) is 23.1 Å². The zero-order valence-corrected chi connectivity index (χ0v) is 19.1. The van der Waals surface area contributed by atoms with E-state index in [0.717, 1.165) is 48.2 Å². The first-order valence-electron chi connectivity index (χ1n) is 9.97. The van der Waals surface area contributed by atoms with Gasteiger partial charge < -0.3 is 15.0 Å². The standard InChI is InChI=1S/C20H32N4OS2/c1-7-20(4)11-14-15(12-25-20)27-18-16(14)17(21-9-8-10-24(5)6)22-19(23-18)26-13(2)3/h13H,7-12H2,1-6H3,(H,21,22,23)/p+1/t20-/m0/s1. The van der Waals surface area contributed by atoms with E-state index in [0.29, 0.717) is 11.9 Å². The van der Waals surface area contributed by atoms with Crippen molar-refractivity contribution in [1.82, 2.24) is 9.97 Å². The Labute approximate surface area is 171 Å². The number of hydrogen-bond donors (Lipinski definition) is 2. The lowest BCUT2D eigenvalue weighted by Gasteiger charge is -2.33. The van der Waals surface area contributed by atoms with Crippen molar-refractivity contribution in [2.45, 2.75) is 69.6 Å². The van der Waals surface area contributed by atoms with E-state index in [2.05, 4.69) is 47.1 Å². The molecule has 0 unspecified atom stereocenters.